The third kappa shape index (κ3) is 6.78. The molecule has 0 aliphatic rings. The number of hydrogen-bond acceptors (Lipinski definition) is 3. The number of amides is 1. The third-order valence-corrected chi connectivity index (χ3v) is 3.70. The van der Waals surface area contributed by atoms with Crippen LogP contribution in [0.4, 0.5) is 4.39 Å². The van der Waals surface area contributed by atoms with E-state index < -0.39 is 0 Å². The largest absolute Gasteiger partial charge is 0.374 e. The maximum absolute atomic E-state index is 12.8. The first kappa shape index (κ1) is 19.8. The van der Waals surface area contributed by atoms with Crippen LogP contribution in [0.1, 0.15) is 35.3 Å². The minimum Gasteiger partial charge on any atom is -0.374 e. The smallest absolute Gasteiger partial charge is 0.269 e. The first-order chi connectivity index (χ1) is 12.4. The van der Waals surface area contributed by atoms with E-state index in [4.69, 9.17) is 17.0 Å². The maximum Gasteiger partial charge on any atom is 0.269 e. The quantitative estimate of drug-likeness (QED) is 0.535. The van der Waals surface area contributed by atoms with Crippen LogP contribution < -0.4 is 16.2 Å². The molecule has 5 nitrogen and oxygen atoms in total. The van der Waals surface area contributed by atoms with Gasteiger partial charge in [0.25, 0.3) is 5.91 Å². The number of ether oxygens (including phenoxy) is 1. The van der Waals surface area contributed by atoms with Gasteiger partial charge in [0.15, 0.2) is 5.11 Å². The zero-order valence-corrected chi connectivity index (χ0v) is 15.5. The fourth-order valence-electron chi connectivity index (χ4n) is 2.03. The first-order valence-corrected chi connectivity index (χ1v) is 8.64. The van der Waals surface area contributed by atoms with Gasteiger partial charge in [0.05, 0.1) is 12.7 Å². The van der Waals surface area contributed by atoms with Crippen molar-refractivity contribution in [2.24, 2.45) is 0 Å². The number of benzene rings is 2. The average molecular weight is 375 g/mol. The summed E-state index contributed by atoms with van der Waals surface area (Å²) in [5.41, 5.74) is 7.55. The molecule has 1 amide bonds. The monoisotopic (exact) mass is 375 g/mol. The predicted molar refractivity (Wildman–Crippen MR) is 103 cm³/mol. The number of carbonyl (C=O) groups is 1. The number of carbonyl (C=O) groups excluding carboxylic acids is 1. The lowest BCUT2D eigenvalue weighted by molar-refractivity contribution is 0.0656. The Kier molecular flexibility index (Phi) is 7.50. The van der Waals surface area contributed by atoms with E-state index in [1.165, 1.54) is 12.1 Å². The standard InChI is InChI=1S/C19H22FN3O2S/c1-13(2)25-12-15-3-7-16(8-4-15)18(24)22-23-19(26)21-11-14-5-9-17(20)10-6-14/h3-10,13H,11-12H2,1-2H3,(H,22,24)(H2,21,23,26). The van der Waals surface area contributed by atoms with Gasteiger partial charge in [-0.25, -0.2) is 4.39 Å². The zero-order valence-electron chi connectivity index (χ0n) is 14.7. The average Bonchev–Trinajstić information content (AvgIpc) is 2.64. The molecule has 2 rings (SSSR count). The second-order valence-corrected chi connectivity index (χ2v) is 6.35. The van der Waals surface area contributed by atoms with Crippen molar-refractivity contribution in [1.82, 2.24) is 16.2 Å². The van der Waals surface area contributed by atoms with Gasteiger partial charge in [-0.1, -0.05) is 24.3 Å². The fourth-order valence-corrected chi connectivity index (χ4v) is 2.15. The molecule has 0 atom stereocenters. The molecule has 26 heavy (non-hydrogen) atoms. The Labute approximate surface area is 157 Å². The van der Waals surface area contributed by atoms with Gasteiger partial charge in [-0.2, -0.15) is 0 Å². The summed E-state index contributed by atoms with van der Waals surface area (Å²) in [4.78, 5) is 12.1. The van der Waals surface area contributed by atoms with Crippen LogP contribution in [0, 0.1) is 5.82 Å². The summed E-state index contributed by atoms with van der Waals surface area (Å²) < 4.78 is 18.4. The van der Waals surface area contributed by atoms with Gasteiger partial charge >= 0.3 is 0 Å². The van der Waals surface area contributed by atoms with Crippen molar-refractivity contribution in [3.63, 3.8) is 0 Å². The van der Waals surface area contributed by atoms with Crippen molar-refractivity contribution in [3.8, 4) is 0 Å². The number of thiocarbonyl (C=S) groups is 1. The van der Waals surface area contributed by atoms with Gasteiger partial charge in [0, 0.05) is 12.1 Å². The summed E-state index contributed by atoms with van der Waals surface area (Å²) in [6, 6.07) is 13.2. The van der Waals surface area contributed by atoms with E-state index in [1.807, 2.05) is 26.0 Å². The Balaban J connectivity index is 1.74. The van der Waals surface area contributed by atoms with Crippen LogP contribution in [-0.4, -0.2) is 17.1 Å². The summed E-state index contributed by atoms with van der Waals surface area (Å²) in [6.45, 7) is 4.88. The summed E-state index contributed by atoms with van der Waals surface area (Å²) in [5, 5.41) is 3.20. The molecule has 0 aliphatic carbocycles. The van der Waals surface area contributed by atoms with Crippen LogP contribution in [0.25, 0.3) is 0 Å². The Hall–Kier alpha value is -2.51. The highest BCUT2D eigenvalue weighted by atomic mass is 32.1. The van der Waals surface area contributed by atoms with E-state index in [1.54, 1.807) is 24.3 Å². The predicted octanol–water partition coefficient (Wildman–Crippen LogP) is 3.06. The minimum atomic E-state index is -0.299. The Morgan fingerprint density at radius 3 is 2.27 bits per heavy atom. The molecule has 0 heterocycles. The van der Waals surface area contributed by atoms with Gasteiger partial charge < -0.3 is 10.1 Å². The Bertz CT molecular complexity index is 733. The van der Waals surface area contributed by atoms with E-state index in [2.05, 4.69) is 16.2 Å². The van der Waals surface area contributed by atoms with Crippen LogP contribution >= 0.6 is 12.2 Å². The SMILES string of the molecule is CC(C)OCc1ccc(C(=O)NNC(=S)NCc2ccc(F)cc2)cc1. The maximum atomic E-state index is 12.8. The lowest BCUT2D eigenvalue weighted by atomic mass is 10.1. The van der Waals surface area contributed by atoms with Crippen LogP contribution in [-0.2, 0) is 17.9 Å². The normalized spacial score (nSPS) is 10.5. The molecule has 0 fully saturated rings. The molecule has 0 aromatic heterocycles. The summed E-state index contributed by atoms with van der Waals surface area (Å²) in [6.07, 6.45) is 0.158. The van der Waals surface area contributed by atoms with E-state index in [9.17, 15) is 9.18 Å². The summed E-state index contributed by atoms with van der Waals surface area (Å²) >= 11 is 5.10. The van der Waals surface area contributed by atoms with Gasteiger partial charge in [0.2, 0.25) is 0 Å². The second kappa shape index (κ2) is 9.84. The van der Waals surface area contributed by atoms with Crippen LogP contribution in [0.2, 0.25) is 0 Å². The molecule has 2 aromatic rings. The molecule has 2 aromatic carbocycles. The van der Waals surface area contributed by atoms with Gasteiger partial charge in [0.1, 0.15) is 5.82 Å². The van der Waals surface area contributed by atoms with E-state index in [0.717, 1.165) is 11.1 Å². The van der Waals surface area contributed by atoms with Crippen molar-refractivity contribution in [3.05, 3.63) is 71.0 Å². The zero-order chi connectivity index (χ0) is 18.9. The molecular formula is C19H22FN3O2S. The third-order valence-electron chi connectivity index (χ3n) is 3.46. The van der Waals surface area contributed by atoms with Crippen molar-refractivity contribution < 1.29 is 13.9 Å². The van der Waals surface area contributed by atoms with E-state index in [-0.39, 0.29) is 22.9 Å². The fraction of sp³-hybridized carbons (Fsp3) is 0.263. The molecule has 0 aliphatic heterocycles. The van der Waals surface area contributed by atoms with Crippen molar-refractivity contribution in [2.45, 2.75) is 33.1 Å². The molecule has 0 spiro atoms. The molecule has 3 N–H and O–H groups in total. The number of rotatable bonds is 6. The Morgan fingerprint density at radius 1 is 1.04 bits per heavy atom. The number of hydrazine groups is 1. The number of halogens is 1. The number of hydrogen-bond donors (Lipinski definition) is 3. The molecular weight excluding hydrogens is 353 g/mol. The highest BCUT2D eigenvalue weighted by Gasteiger charge is 2.06. The van der Waals surface area contributed by atoms with E-state index in [0.29, 0.717) is 18.7 Å². The number of nitrogens with one attached hydrogen (secondary N) is 3. The van der Waals surface area contributed by atoms with Crippen LogP contribution in [0.3, 0.4) is 0 Å². The highest BCUT2D eigenvalue weighted by molar-refractivity contribution is 7.80. The van der Waals surface area contributed by atoms with Crippen LogP contribution in [0.5, 0.6) is 0 Å². The van der Waals surface area contributed by atoms with Crippen molar-refractivity contribution >= 4 is 23.2 Å². The first-order valence-electron chi connectivity index (χ1n) is 8.23. The topological polar surface area (TPSA) is 62.4 Å². The molecule has 0 saturated carbocycles. The van der Waals surface area contributed by atoms with Crippen LogP contribution in [0.15, 0.2) is 48.5 Å². The molecule has 138 valence electrons. The lowest BCUT2D eigenvalue weighted by Gasteiger charge is -2.12. The Morgan fingerprint density at radius 2 is 1.65 bits per heavy atom. The van der Waals surface area contributed by atoms with Gasteiger partial charge in [-0.15, -0.1) is 0 Å². The molecule has 0 unspecified atom stereocenters. The minimum absolute atomic E-state index is 0.158. The second-order valence-electron chi connectivity index (χ2n) is 5.94. The summed E-state index contributed by atoms with van der Waals surface area (Å²) in [5.74, 6) is -0.587. The van der Waals surface area contributed by atoms with Gasteiger partial charge in [-0.3, -0.25) is 15.6 Å². The molecule has 0 saturated heterocycles. The molecule has 0 radical (unpaired) electrons. The van der Waals surface area contributed by atoms with E-state index >= 15 is 0 Å². The molecule has 7 heteroatoms. The summed E-state index contributed by atoms with van der Waals surface area (Å²) in [7, 11) is 0. The van der Waals surface area contributed by atoms with Crippen molar-refractivity contribution in [1.29, 1.82) is 0 Å². The highest BCUT2D eigenvalue weighted by Crippen LogP contribution is 2.07. The lowest BCUT2D eigenvalue weighted by Crippen LogP contribution is -2.46. The van der Waals surface area contributed by atoms with Gasteiger partial charge in [-0.05, 0) is 61.5 Å². The molecule has 0 bridgehead atoms. The van der Waals surface area contributed by atoms with Crippen molar-refractivity contribution in [2.75, 3.05) is 0 Å².